The molecule has 0 aliphatic carbocycles. The molecule has 54 heavy (non-hydrogen) atoms. The monoisotopic (exact) mass is 689 g/mol. The van der Waals surface area contributed by atoms with Crippen LogP contribution in [-0.2, 0) is 0 Å². The first-order valence-electron chi connectivity index (χ1n) is 18.1. The summed E-state index contributed by atoms with van der Waals surface area (Å²) >= 11 is 0. The number of furan rings is 2. The van der Waals surface area contributed by atoms with Crippen molar-refractivity contribution in [2.45, 2.75) is 0 Å². The van der Waals surface area contributed by atoms with Crippen molar-refractivity contribution in [3.05, 3.63) is 169 Å². The molecule has 0 saturated heterocycles. The molecule has 0 bridgehead atoms. The van der Waals surface area contributed by atoms with Gasteiger partial charge in [0.2, 0.25) is 0 Å². The van der Waals surface area contributed by atoms with Gasteiger partial charge in [-0.3, -0.25) is 0 Å². The normalized spacial score (nSPS) is 12.1. The lowest BCUT2D eigenvalue weighted by Crippen LogP contribution is -2.00. The summed E-state index contributed by atoms with van der Waals surface area (Å²) in [5.41, 5.74) is 12.1. The Labute approximate surface area is 307 Å². The molecular formula is C49H27N3O2. The fourth-order valence-electron chi connectivity index (χ4n) is 8.94. The van der Waals surface area contributed by atoms with E-state index in [1.54, 1.807) is 0 Å². The molecule has 0 amide bonds. The molecule has 0 radical (unpaired) electrons. The minimum Gasteiger partial charge on any atom is -0.456 e. The summed E-state index contributed by atoms with van der Waals surface area (Å²) in [5, 5.41) is 19.8. The van der Waals surface area contributed by atoms with Gasteiger partial charge in [-0.15, -0.1) is 0 Å². The van der Waals surface area contributed by atoms with Gasteiger partial charge in [0, 0.05) is 49.1 Å². The summed E-state index contributed by atoms with van der Waals surface area (Å²) in [6.45, 7) is 0. The van der Waals surface area contributed by atoms with E-state index in [0.29, 0.717) is 5.56 Å². The van der Waals surface area contributed by atoms with Gasteiger partial charge in [-0.2, -0.15) is 5.26 Å². The molecule has 8 aromatic carbocycles. The largest absolute Gasteiger partial charge is 0.456 e. The topological polar surface area (TPSA) is 59.9 Å². The molecule has 4 heterocycles. The van der Waals surface area contributed by atoms with Crippen LogP contribution in [0.3, 0.4) is 0 Å². The minimum atomic E-state index is 0.592. The van der Waals surface area contributed by atoms with Gasteiger partial charge in [0.1, 0.15) is 22.3 Å². The van der Waals surface area contributed by atoms with E-state index in [9.17, 15) is 5.26 Å². The maximum Gasteiger partial charge on any atom is 0.137 e. The van der Waals surface area contributed by atoms with E-state index in [1.165, 1.54) is 0 Å². The average molecular weight is 690 g/mol. The Hall–Kier alpha value is -7.55. The highest BCUT2D eigenvalue weighted by atomic mass is 16.3. The van der Waals surface area contributed by atoms with E-state index in [-0.39, 0.29) is 0 Å². The zero-order valence-electron chi connectivity index (χ0n) is 28.7. The third kappa shape index (κ3) is 3.81. The SMILES string of the molecule is N#Cc1cc(-n2c3ccccc3c3ccc4oc5ccccc5c4c32)ccc1-c1ccccc1-n1c2ccccc2c2ccc3oc4ccccc4c3c21. The number of para-hydroxylation sites is 5. The highest BCUT2D eigenvalue weighted by Gasteiger charge is 2.23. The highest BCUT2D eigenvalue weighted by molar-refractivity contribution is 6.26. The van der Waals surface area contributed by atoms with Gasteiger partial charge >= 0.3 is 0 Å². The van der Waals surface area contributed by atoms with E-state index < -0.39 is 0 Å². The minimum absolute atomic E-state index is 0.592. The summed E-state index contributed by atoms with van der Waals surface area (Å²) < 4.78 is 17.4. The number of fused-ring (bicyclic) bond motifs is 14. The average Bonchev–Trinajstić information content (AvgIpc) is 3.98. The Kier molecular flexibility index (Phi) is 5.78. The zero-order valence-corrected chi connectivity index (χ0v) is 28.7. The maximum atomic E-state index is 10.9. The molecule has 250 valence electrons. The first-order valence-corrected chi connectivity index (χ1v) is 18.1. The van der Waals surface area contributed by atoms with Crippen LogP contribution in [-0.4, -0.2) is 9.13 Å². The maximum absolute atomic E-state index is 10.9. The lowest BCUT2D eigenvalue weighted by atomic mass is 9.97. The van der Waals surface area contributed by atoms with Crippen molar-refractivity contribution in [1.29, 1.82) is 5.26 Å². The summed E-state index contributed by atoms with van der Waals surface area (Å²) in [7, 11) is 0. The Bertz CT molecular complexity index is 3590. The third-order valence-corrected chi connectivity index (χ3v) is 11.2. The van der Waals surface area contributed by atoms with Gasteiger partial charge in [0.25, 0.3) is 0 Å². The molecule has 12 rings (SSSR count). The van der Waals surface area contributed by atoms with Crippen molar-refractivity contribution in [1.82, 2.24) is 9.13 Å². The van der Waals surface area contributed by atoms with E-state index >= 15 is 0 Å². The van der Waals surface area contributed by atoms with Gasteiger partial charge in [-0.1, -0.05) is 97.1 Å². The number of hydrogen-bond acceptors (Lipinski definition) is 3. The molecule has 0 atom stereocenters. The molecule has 0 aliphatic heterocycles. The van der Waals surface area contributed by atoms with Crippen LogP contribution in [0.2, 0.25) is 0 Å². The van der Waals surface area contributed by atoms with Crippen LogP contribution in [0.15, 0.2) is 173 Å². The highest BCUT2D eigenvalue weighted by Crippen LogP contribution is 2.44. The molecule has 0 fully saturated rings. The first-order chi connectivity index (χ1) is 26.8. The van der Waals surface area contributed by atoms with Gasteiger partial charge in [0.05, 0.1) is 50.2 Å². The standard InChI is InChI=1S/C49H27N3O2/c50-28-29-27-30(51-39-16-6-2-12-33(39)35-23-25-44-46(48(35)51)37-14-4-9-19-42(37)53-44)21-22-31(29)32-11-1-7-17-40(32)52-41-18-8-3-13-34(41)36-24-26-45-47(49(36)52)38-15-5-10-20-43(38)54-45/h1-27H. The van der Waals surface area contributed by atoms with Crippen LogP contribution in [0.4, 0.5) is 0 Å². The number of aromatic nitrogens is 2. The van der Waals surface area contributed by atoms with Crippen LogP contribution >= 0.6 is 0 Å². The van der Waals surface area contributed by atoms with Crippen molar-refractivity contribution in [2.24, 2.45) is 0 Å². The van der Waals surface area contributed by atoms with Crippen LogP contribution in [0.1, 0.15) is 5.56 Å². The molecule has 12 aromatic rings. The van der Waals surface area contributed by atoms with Gasteiger partial charge in [-0.25, -0.2) is 0 Å². The Balaban J connectivity index is 1.14. The van der Waals surface area contributed by atoms with E-state index in [1.807, 2.05) is 30.3 Å². The van der Waals surface area contributed by atoms with Crippen LogP contribution in [0.5, 0.6) is 0 Å². The summed E-state index contributed by atoms with van der Waals surface area (Å²) in [6, 6.07) is 59.3. The number of nitriles is 1. The predicted molar refractivity (Wildman–Crippen MR) is 220 cm³/mol. The summed E-state index contributed by atoms with van der Waals surface area (Å²) in [6.07, 6.45) is 0. The number of hydrogen-bond donors (Lipinski definition) is 0. The van der Waals surface area contributed by atoms with E-state index in [0.717, 1.165) is 110 Å². The smallest absolute Gasteiger partial charge is 0.137 e. The van der Waals surface area contributed by atoms with Crippen molar-refractivity contribution < 1.29 is 8.83 Å². The molecule has 0 saturated carbocycles. The fourth-order valence-corrected chi connectivity index (χ4v) is 8.94. The fraction of sp³-hybridized carbons (Fsp3) is 0. The second-order valence-corrected chi connectivity index (χ2v) is 13.9. The molecule has 0 unspecified atom stereocenters. The quantitative estimate of drug-likeness (QED) is 0.185. The van der Waals surface area contributed by atoms with Crippen molar-refractivity contribution in [2.75, 3.05) is 0 Å². The van der Waals surface area contributed by atoms with Crippen molar-refractivity contribution >= 4 is 87.5 Å². The second kappa shape index (κ2) is 10.7. The zero-order chi connectivity index (χ0) is 35.5. The molecule has 0 spiro atoms. The molecule has 4 aromatic heterocycles. The van der Waals surface area contributed by atoms with Crippen LogP contribution in [0.25, 0.3) is 110 Å². The molecule has 0 N–H and O–H groups in total. The lowest BCUT2D eigenvalue weighted by Gasteiger charge is -2.16. The molecule has 5 nitrogen and oxygen atoms in total. The predicted octanol–water partition coefficient (Wildman–Crippen LogP) is 13.2. The summed E-state index contributed by atoms with van der Waals surface area (Å²) in [5.74, 6) is 0. The number of benzene rings is 8. The third-order valence-electron chi connectivity index (χ3n) is 11.2. The van der Waals surface area contributed by atoms with Crippen LogP contribution in [0, 0.1) is 11.3 Å². The number of rotatable bonds is 3. The lowest BCUT2D eigenvalue weighted by molar-refractivity contribution is 0.669. The van der Waals surface area contributed by atoms with Gasteiger partial charge in [0.15, 0.2) is 0 Å². The Morgan fingerprint density at radius 3 is 1.56 bits per heavy atom. The Morgan fingerprint density at radius 2 is 0.926 bits per heavy atom. The van der Waals surface area contributed by atoms with Crippen molar-refractivity contribution in [3.63, 3.8) is 0 Å². The van der Waals surface area contributed by atoms with Gasteiger partial charge in [-0.05, 0) is 66.7 Å². The Morgan fingerprint density at radius 1 is 0.407 bits per heavy atom. The van der Waals surface area contributed by atoms with Crippen LogP contribution < -0.4 is 0 Å². The first kappa shape index (κ1) is 29.1. The molecule has 0 aliphatic rings. The van der Waals surface area contributed by atoms with Gasteiger partial charge < -0.3 is 18.0 Å². The van der Waals surface area contributed by atoms with Crippen molar-refractivity contribution in [3.8, 4) is 28.6 Å². The second-order valence-electron chi connectivity index (χ2n) is 13.9. The van der Waals surface area contributed by atoms with E-state index in [4.69, 9.17) is 8.83 Å². The molecular weight excluding hydrogens is 663 g/mol. The number of nitrogens with zero attached hydrogens (tertiary/aromatic N) is 3. The molecule has 5 heteroatoms. The summed E-state index contributed by atoms with van der Waals surface area (Å²) in [4.78, 5) is 0. The van der Waals surface area contributed by atoms with E-state index in [2.05, 4.69) is 149 Å².